The summed E-state index contributed by atoms with van der Waals surface area (Å²) < 4.78 is 22.2. The lowest BCUT2D eigenvalue weighted by Gasteiger charge is -2.06. The van der Waals surface area contributed by atoms with Crippen molar-refractivity contribution in [2.75, 3.05) is 5.43 Å². The average Bonchev–Trinajstić information content (AvgIpc) is 2.95. The molecule has 2 rings (SSSR count). The molecular weight excluding hydrogens is 310 g/mol. The van der Waals surface area contributed by atoms with Crippen LogP contribution in [-0.2, 0) is 14.8 Å². The van der Waals surface area contributed by atoms with Gasteiger partial charge in [0.05, 0.1) is 10.6 Å². The number of hydrazine groups is 1. The first-order valence-corrected chi connectivity index (χ1v) is 8.28. The highest BCUT2D eigenvalue weighted by Crippen LogP contribution is 2.12. The lowest BCUT2D eigenvalue weighted by atomic mass is 10.3. The fourth-order valence-electron chi connectivity index (χ4n) is 1.45. The van der Waals surface area contributed by atoms with Crippen molar-refractivity contribution in [1.82, 2.24) is 5.43 Å². The summed E-state index contributed by atoms with van der Waals surface area (Å²) in [5, 5.41) is 6.91. The van der Waals surface area contributed by atoms with Crippen molar-refractivity contribution in [3.63, 3.8) is 0 Å². The predicted octanol–water partition coefficient (Wildman–Crippen LogP) is 1.55. The van der Waals surface area contributed by atoms with E-state index < -0.39 is 10.0 Å². The van der Waals surface area contributed by atoms with E-state index in [2.05, 4.69) is 10.9 Å². The lowest BCUT2D eigenvalue weighted by Crippen LogP contribution is -2.27. The Bertz CT molecular complexity index is 735. The number of thiophene rings is 1. The molecule has 1 heterocycles. The number of rotatable bonds is 5. The van der Waals surface area contributed by atoms with Crippen LogP contribution in [0.1, 0.15) is 4.88 Å². The van der Waals surface area contributed by atoms with E-state index in [1.807, 2.05) is 17.5 Å². The third-order valence-electron chi connectivity index (χ3n) is 2.46. The van der Waals surface area contributed by atoms with Gasteiger partial charge in [-0.3, -0.25) is 15.6 Å². The summed E-state index contributed by atoms with van der Waals surface area (Å²) in [4.78, 5) is 12.6. The topological polar surface area (TPSA) is 101 Å². The smallest absolute Gasteiger partial charge is 0.262 e. The number of sulfonamides is 1. The molecule has 110 valence electrons. The second-order valence-corrected chi connectivity index (χ2v) is 6.57. The van der Waals surface area contributed by atoms with E-state index in [9.17, 15) is 13.2 Å². The van der Waals surface area contributed by atoms with E-state index in [-0.39, 0.29) is 10.8 Å². The highest BCUT2D eigenvalue weighted by Gasteiger charge is 2.06. The molecule has 0 fully saturated rings. The van der Waals surface area contributed by atoms with Gasteiger partial charge in [-0.1, -0.05) is 6.07 Å². The van der Waals surface area contributed by atoms with Gasteiger partial charge >= 0.3 is 0 Å². The van der Waals surface area contributed by atoms with Crippen molar-refractivity contribution in [3.05, 3.63) is 52.7 Å². The zero-order valence-electron chi connectivity index (χ0n) is 10.8. The van der Waals surface area contributed by atoms with Gasteiger partial charge in [-0.25, -0.2) is 13.6 Å². The number of amides is 1. The molecule has 0 aliphatic heterocycles. The molecule has 0 saturated heterocycles. The summed E-state index contributed by atoms with van der Waals surface area (Å²) in [5.74, 6) is -0.320. The van der Waals surface area contributed by atoms with Crippen molar-refractivity contribution >= 4 is 39.0 Å². The summed E-state index contributed by atoms with van der Waals surface area (Å²) in [7, 11) is -3.71. The van der Waals surface area contributed by atoms with E-state index in [1.54, 1.807) is 6.08 Å². The highest BCUT2D eigenvalue weighted by atomic mass is 32.2. The second kappa shape index (κ2) is 6.53. The molecule has 6 nitrogen and oxygen atoms in total. The van der Waals surface area contributed by atoms with Gasteiger partial charge in [0.1, 0.15) is 0 Å². The number of hydrogen-bond acceptors (Lipinski definition) is 5. The summed E-state index contributed by atoms with van der Waals surface area (Å²) >= 11 is 1.53. The molecule has 0 aliphatic carbocycles. The first-order chi connectivity index (χ1) is 9.95. The van der Waals surface area contributed by atoms with Crippen molar-refractivity contribution in [3.8, 4) is 0 Å². The minimum Gasteiger partial charge on any atom is -0.298 e. The van der Waals surface area contributed by atoms with Crippen LogP contribution >= 0.6 is 11.3 Å². The third kappa shape index (κ3) is 4.71. The summed E-state index contributed by atoms with van der Waals surface area (Å²) in [5.41, 5.74) is 5.68. The van der Waals surface area contributed by atoms with Crippen LogP contribution in [0, 0.1) is 0 Å². The standard InChI is InChI=1S/C13H13N3O3S2/c14-21(18,19)12-6-3-10(4-7-12)15-16-13(17)8-5-11-2-1-9-20-11/h1-9,15H,(H,16,17)(H2,14,18,19). The molecule has 21 heavy (non-hydrogen) atoms. The molecule has 1 amide bonds. The lowest BCUT2D eigenvalue weighted by molar-refractivity contribution is -0.115. The van der Waals surface area contributed by atoms with Crippen LogP contribution in [-0.4, -0.2) is 14.3 Å². The van der Waals surface area contributed by atoms with E-state index in [4.69, 9.17) is 5.14 Å². The Morgan fingerprint density at radius 1 is 1.19 bits per heavy atom. The maximum absolute atomic E-state index is 11.6. The van der Waals surface area contributed by atoms with E-state index >= 15 is 0 Å². The molecule has 0 atom stereocenters. The van der Waals surface area contributed by atoms with Gasteiger partial charge in [0, 0.05) is 11.0 Å². The predicted molar refractivity (Wildman–Crippen MR) is 82.9 cm³/mol. The molecule has 2 aromatic rings. The van der Waals surface area contributed by atoms with E-state index in [0.717, 1.165) is 4.88 Å². The third-order valence-corrected chi connectivity index (χ3v) is 4.22. The molecule has 1 aromatic heterocycles. The second-order valence-electron chi connectivity index (χ2n) is 4.03. The maximum atomic E-state index is 11.6. The van der Waals surface area contributed by atoms with Crippen LogP contribution in [0.2, 0.25) is 0 Å². The number of nitrogens with two attached hydrogens (primary N) is 1. The molecule has 1 aromatic carbocycles. The number of anilines is 1. The van der Waals surface area contributed by atoms with Gasteiger partial charge in [0.25, 0.3) is 5.91 Å². The van der Waals surface area contributed by atoms with Crippen molar-refractivity contribution in [1.29, 1.82) is 0 Å². The maximum Gasteiger partial charge on any atom is 0.262 e. The molecule has 0 unspecified atom stereocenters. The Morgan fingerprint density at radius 2 is 1.90 bits per heavy atom. The normalized spacial score (nSPS) is 11.5. The van der Waals surface area contributed by atoms with Gasteiger partial charge in [0.2, 0.25) is 10.0 Å². The molecule has 0 bridgehead atoms. The van der Waals surface area contributed by atoms with Crippen LogP contribution in [0.4, 0.5) is 5.69 Å². The summed E-state index contributed by atoms with van der Waals surface area (Å²) in [6, 6.07) is 9.50. The average molecular weight is 323 g/mol. The SMILES string of the molecule is NS(=O)(=O)c1ccc(NNC(=O)C=Cc2cccs2)cc1. The Labute approximate surface area is 126 Å². The first kappa shape index (κ1) is 15.2. The molecular formula is C13H13N3O3S2. The largest absolute Gasteiger partial charge is 0.298 e. The van der Waals surface area contributed by atoms with E-state index in [1.165, 1.54) is 41.7 Å². The quantitative estimate of drug-likeness (QED) is 0.574. The Hall–Kier alpha value is -2.16. The Morgan fingerprint density at radius 3 is 2.48 bits per heavy atom. The molecule has 8 heteroatoms. The Balaban J connectivity index is 1.89. The van der Waals surface area contributed by atoms with Gasteiger partial charge in [-0.05, 0) is 41.8 Å². The number of carbonyl (C=O) groups is 1. The Kier molecular flexibility index (Phi) is 4.73. The monoisotopic (exact) mass is 323 g/mol. The molecule has 0 spiro atoms. The number of primary sulfonamides is 1. The number of nitrogens with one attached hydrogen (secondary N) is 2. The minimum absolute atomic E-state index is 0.0111. The summed E-state index contributed by atoms with van der Waals surface area (Å²) in [6.45, 7) is 0. The molecule has 4 N–H and O–H groups in total. The van der Waals surface area contributed by atoms with E-state index in [0.29, 0.717) is 5.69 Å². The number of hydrogen-bond donors (Lipinski definition) is 3. The van der Waals surface area contributed by atoms with Gasteiger partial charge in [-0.2, -0.15) is 0 Å². The fraction of sp³-hybridized carbons (Fsp3) is 0. The van der Waals surface area contributed by atoms with Crippen molar-refractivity contribution in [2.24, 2.45) is 5.14 Å². The van der Waals surface area contributed by atoms with Gasteiger partial charge < -0.3 is 0 Å². The van der Waals surface area contributed by atoms with Crippen LogP contribution in [0.25, 0.3) is 6.08 Å². The van der Waals surface area contributed by atoms with Crippen LogP contribution in [0.3, 0.4) is 0 Å². The van der Waals surface area contributed by atoms with Crippen molar-refractivity contribution in [2.45, 2.75) is 4.90 Å². The fourth-order valence-corrected chi connectivity index (χ4v) is 2.58. The molecule has 0 radical (unpaired) electrons. The van der Waals surface area contributed by atoms with Crippen LogP contribution in [0.5, 0.6) is 0 Å². The zero-order chi connectivity index (χ0) is 15.3. The first-order valence-electron chi connectivity index (χ1n) is 5.85. The zero-order valence-corrected chi connectivity index (χ0v) is 12.4. The van der Waals surface area contributed by atoms with Crippen LogP contribution in [0.15, 0.2) is 52.7 Å². The van der Waals surface area contributed by atoms with Gasteiger partial charge in [-0.15, -0.1) is 11.3 Å². The molecule has 0 saturated carbocycles. The molecule has 0 aliphatic rings. The number of benzene rings is 1. The summed E-state index contributed by atoms with van der Waals surface area (Å²) in [6.07, 6.45) is 3.10. The van der Waals surface area contributed by atoms with Crippen LogP contribution < -0.4 is 16.0 Å². The number of carbonyl (C=O) groups excluding carboxylic acids is 1. The van der Waals surface area contributed by atoms with Crippen molar-refractivity contribution < 1.29 is 13.2 Å². The minimum atomic E-state index is -3.71. The van der Waals surface area contributed by atoms with Gasteiger partial charge in [0.15, 0.2) is 0 Å². The highest BCUT2D eigenvalue weighted by molar-refractivity contribution is 7.89.